The number of ether oxygens (including phenoxy) is 1. The minimum absolute atomic E-state index is 0.150. The van der Waals surface area contributed by atoms with Gasteiger partial charge in [0, 0.05) is 6.07 Å². The molecule has 1 aromatic carbocycles. The smallest absolute Gasteiger partial charge is 0.433 e. The number of aromatic nitrogens is 1. The fourth-order valence-corrected chi connectivity index (χ4v) is 1.65. The van der Waals surface area contributed by atoms with Gasteiger partial charge in [-0.25, -0.2) is 9.37 Å². The predicted molar refractivity (Wildman–Crippen MR) is 63.4 cm³/mol. The molecule has 0 aliphatic heterocycles. The van der Waals surface area contributed by atoms with Crippen LogP contribution in [0.1, 0.15) is 5.69 Å². The van der Waals surface area contributed by atoms with Crippen molar-refractivity contribution in [3.05, 3.63) is 52.4 Å². The quantitative estimate of drug-likeness (QED) is 0.736. The van der Waals surface area contributed by atoms with Crippen LogP contribution in [0.2, 0.25) is 0 Å². The highest BCUT2D eigenvalue weighted by Gasteiger charge is 2.32. The van der Waals surface area contributed by atoms with E-state index in [-0.39, 0.29) is 16.1 Å². The van der Waals surface area contributed by atoms with Gasteiger partial charge in [-0.2, -0.15) is 13.2 Å². The van der Waals surface area contributed by atoms with Crippen molar-refractivity contribution in [3.8, 4) is 11.6 Å². The van der Waals surface area contributed by atoms with Gasteiger partial charge in [0.2, 0.25) is 5.88 Å². The monoisotopic (exact) mass is 335 g/mol. The summed E-state index contributed by atoms with van der Waals surface area (Å²) in [5.41, 5.74) is -1.05. The molecule has 1 aromatic heterocycles. The Morgan fingerprint density at radius 3 is 2.47 bits per heavy atom. The molecule has 0 spiro atoms. The molecule has 0 amide bonds. The maximum absolute atomic E-state index is 13.0. The first-order valence-electron chi connectivity index (χ1n) is 5.03. The highest BCUT2D eigenvalue weighted by Crippen LogP contribution is 2.30. The zero-order chi connectivity index (χ0) is 14.0. The minimum Gasteiger partial charge on any atom is -0.439 e. The van der Waals surface area contributed by atoms with Crippen LogP contribution in [0.15, 0.2) is 40.9 Å². The Balaban J connectivity index is 2.26. The highest BCUT2D eigenvalue weighted by atomic mass is 79.9. The van der Waals surface area contributed by atoms with E-state index in [1.54, 1.807) is 0 Å². The zero-order valence-corrected chi connectivity index (χ0v) is 10.8. The van der Waals surface area contributed by atoms with Gasteiger partial charge in [0.25, 0.3) is 0 Å². The summed E-state index contributed by atoms with van der Waals surface area (Å²) in [4.78, 5) is 3.34. The van der Waals surface area contributed by atoms with Crippen LogP contribution in [0.25, 0.3) is 0 Å². The number of rotatable bonds is 2. The van der Waals surface area contributed by atoms with Crippen molar-refractivity contribution in [3.63, 3.8) is 0 Å². The SMILES string of the molecule is Fc1ccc(Oc2cccc(C(F)(F)F)n2)cc1Br. The van der Waals surface area contributed by atoms with Crippen molar-refractivity contribution in [2.75, 3.05) is 0 Å². The van der Waals surface area contributed by atoms with Gasteiger partial charge in [0.15, 0.2) is 0 Å². The largest absolute Gasteiger partial charge is 0.439 e. The number of alkyl halides is 3. The summed E-state index contributed by atoms with van der Waals surface area (Å²) in [5, 5.41) is 0. The maximum atomic E-state index is 13.0. The molecule has 0 N–H and O–H groups in total. The van der Waals surface area contributed by atoms with Crippen molar-refractivity contribution >= 4 is 15.9 Å². The Morgan fingerprint density at radius 2 is 1.84 bits per heavy atom. The zero-order valence-electron chi connectivity index (χ0n) is 9.21. The molecule has 7 heteroatoms. The minimum atomic E-state index is -4.54. The Hall–Kier alpha value is -1.63. The lowest BCUT2D eigenvalue weighted by atomic mass is 10.3. The number of benzene rings is 1. The van der Waals surface area contributed by atoms with Crippen LogP contribution in [-0.2, 0) is 6.18 Å². The topological polar surface area (TPSA) is 22.1 Å². The first kappa shape index (κ1) is 13.8. The second-order valence-corrected chi connectivity index (χ2v) is 4.39. The van der Waals surface area contributed by atoms with E-state index < -0.39 is 17.7 Å². The molecule has 0 bridgehead atoms. The van der Waals surface area contributed by atoms with Gasteiger partial charge in [0.1, 0.15) is 17.3 Å². The summed E-state index contributed by atoms with van der Waals surface area (Å²) < 4.78 is 55.6. The number of pyridine rings is 1. The molecular weight excluding hydrogens is 330 g/mol. The molecule has 0 saturated heterocycles. The van der Waals surface area contributed by atoms with Gasteiger partial charge >= 0.3 is 6.18 Å². The molecule has 2 nitrogen and oxygen atoms in total. The van der Waals surface area contributed by atoms with Gasteiger partial charge in [-0.3, -0.25) is 0 Å². The third-order valence-corrected chi connectivity index (χ3v) is 2.74. The maximum Gasteiger partial charge on any atom is 0.433 e. The standard InChI is InChI=1S/C12H6BrF4NO/c13-8-6-7(4-5-9(8)14)19-11-3-1-2-10(18-11)12(15,16)17/h1-6H. The molecule has 0 fully saturated rings. The molecule has 19 heavy (non-hydrogen) atoms. The summed E-state index contributed by atoms with van der Waals surface area (Å²) in [7, 11) is 0. The van der Waals surface area contributed by atoms with Crippen LogP contribution < -0.4 is 4.74 Å². The van der Waals surface area contributed by atoms with Crippen LogP contribution in [0, 0.1) is 5.82 Å². The Labute approximate surface area is 114 Å². The Kier molecular flexibility index (Phi) is 3.75. The molecule has 0 radical (unpaired) electrons. The molecule has 0 aliphatic rings. The molecule has 2 aromatic rings. The molecule has 0 aliphatic carbocycles. The molecule has 1 heterocycles. The molecule has 100 valence electrons. The summed E-state index contributed by atoms with van der Waals surface area (Å²) >= 11 is 2.95. The van der Waals surface area contributed by atoms with Crippen molar-refractivity contribution in [1.29, 1.82) is 0 Å². The molecule has 0 saturated carbocycles. The van der Waals surface area contributed by atoms with E-state index in [2.05, 4.69) is 20.9 Å². The van der Waals surface area contributed by atoms with Crippen molar-refractivity contribution < 1.29 is 22.3 Å². The lowest BCUT2D eigenvalue weighted by Gasteiger charge is -2.09. The summed E-state index contributed by atoms with van der Waals surface area (Å²) in [6.45, 7) is 0. The second-order valence-electron chi connectivity index (χ2n) is 3.54. The normalized spacial score (nSPS) is 11.4. The third-order valence-electron chi connectivity index (χ3n) is 2.13. The first-order chi connectivity index (χ1) is 8.86. The summed E-state index contributed by atoms with van der Waals surface area (Å²) in [5.74, 6) is -0.530. The van der Waals surface area contributed by atoms with Gasteiger partial charge < -0.3 is 4.74 Å². The van der Waals surface area contributed by atoms with E-state index in [0.29, 0.717) is 0 Å². The predicted octanol–water partition coefficient (Wildman–Crippen LogP) is 4.79. The van der Waals surface area contributed by atoms with E-state index in [9.17, 15) is 17.6 Å². The second kappa shape index (κ2) is 5.16. The third kappa shape index (κ3) is 3.44. The molecule has 0 unspecified atom stereocenters. The van der Waals surface area contributed by atoms with Crippen LogP contribution in [0.3, 0.4) is 0 Å². The first-order valence-corrected chi connectivity index (χ1v) is 5.83. The van der Waals surface area contributed by atoms with Gasteiger partial charge in [-0.15, -0.1) is 0 Å². The average molecular weight is 336 g/mol. The lowest BCUT2D eigenvalue weighted by Crippen LogP contribution is -2.07. The van der Waals surface area contributed by atoms with Crippen LogP contribution in [0.4, 0.5) is 17.6 Å². The van der Waals surface area contributed by atoms with E-state index in [0.717, 1.165) is 12.1 Å². The van der Waals surface area contributed by atoms with Crippen molar-refractivity contribution in [1.82, 2.24) is 4.98 Å². The van der Waals surface area contributed by atoms with E-state index in [4.69, 9.17) is 4.74 Å². The summed E-state index contributed by atoms with van der Waals surface area (Å²) in [6.07, 6.45) is -4.54. The Bertz CT molecular complexity index is 601. The summed E-state index contributed by atoms with van der Waals surface area (Å²) in [6, 6.07) is 7.04. The molecular formula is C12H6BrF4NO. The average Bonchev–Trinajstić information content (AvgIpc) is 2.33. The van der Waals surface area contributed by atoms with Gasteiger partial charge in [-0.1, -0.05) is 6.07 Å². The van der Waals surface area contributed by atoms with Crippen molar-refractivity contribution in [2.24, 2.45) is 0 Å². The number of hydrogen-bond acceptors (Lipinski definition) is 2. The number of halogens is 5. The molecule has 0 atom stereocenters. The van der Waals surface area contributed by atoms with Gasteiger partial charge in [0.05, 0.1) is 4.47 Å². The lowest BCUT2D eigenvalue weighted by molar-refractivity contribution is -0.141. The number of nitrogens with zero attached hydrogens (tertiary/aromatic N) is 1. The fraction of sp³-hybridized carbons (Fsp3) is 0.0833. The van der Waals surface area contributed by atoms with E-state index in [1.807, 2.05) is 0 Å². The van der Waals surface area contributed by atoms with Crippen molar-refractivity contribution in [2.45, 2.75) is 6.18 Å². The highest BCUT2D eigenvalue weighted by molar-refractivity contribution is 9.10. The number of hydrogen-bond donors (Lipinski definition) is 0. The van der Waals surface area contributed by atoms with E-state index in [1.165, 1.54) is 24.3 Å². The Morgan fingerprint density at radius 1 is 1.11 bits per heavy atom. The van der Waals surface area contributed by atoms with Gasteiger partial charge in [-0.05, 0) is 40.2 Å². The fourth-order valence-electron chi connectivity index (χ4n) is 1.29. The van der Waals surface area contributed by atoms with Crippen LogP contribution in [0.5, 0.6) is 11.6 Å². The van der Waals surface area contributed by atoms with E-state index >= 15 is 0 Å². The van der Waals surface area contributed by atoms with Crippen LogP contribution in [-0.4, -0.2) is 4.98 Å². The van der Waals surface area contributed by atoms with Crippen LogP contribution >= 0.6 is 15.9 Å². The molecule has 2 rings (SSSR count).